The van der Waals surface area contributed by atoms with E-state index in [1.54, 1.807) is 0 Å². The lowest BCUT2D eigenvalue weighted by molar-refractivity contribution is 0.109. The molecule has 1 rings (SSSR count). The second kappa shape index (κ2) is 3.69. The largest absolute Gasteiger partial charge is 0.282 e. The van der Waals surface area contributed by atoms with Crippen molar-refractivity contribution in [1.29, 1.82) is 0 Å². The average Bonchev–Trinajstić information content (AvgIpc) is 2.03. The maximum absolute atomic E-state index is 10.8. The van der Waals surface area contributed by atoms with Gasteiger partial charge in [-0.3, -0.25) is 4.79 Å². The summed E-state index contributed by atoms with van der Waals surface area (Å²) in [6.07, 6.45) is 0. The Morgan fingerprint density at radius 3 is 2.46 bits per heavy atom. The van der Waals surface area contributed by atoms with Gasteiger partial charge in [-0.2, -0.15) is 0 Å². The molecule has 6 heteroatoms. The van der Waals surface area contributed by atoms with Crippen LogP contribution in [0.4, 0.5) is 0 Å². The lowest BCUT2D eigenvalue weighted by atomic mass is 10.2. The van der Waals surface area contributed by atoms with Gasteiger partial charge in [0.1, 0.15) is 0 Å². The number of carbonyl (C=O) groups is 1. The van der Waals surface area contributed by atoms with Crippen molar-refractivity contribution in [2.45, 2.75) is 4.90 Å². The van der Waals surface area contributed by atoms with E-state index in [-0.39, 0.29) is 10.5 Å². The van der Waals surface area contributed by atoms with Crippen LogP contribution in [0.2, 0.25) is 0 Å². The van der Waals surface area contributed by atoms with Crippen molar-refractivity contribution in [2.75, 3.05) is 0 Å². The molecule has 1 aromatic rings. The van der Waals surface area contributed by atoms with Crippen LogP contribution < -0.4 is 0 Å². The van der Waals surface area contributed by atoms with E-state index in [9.17, 15) is 13.2 Å². The van der Waals surface area contributed by atoms with Gasteiger partial charge in [0, 0.05) is 16.2 Å². The molecule has 0 atom stereocenters. The van der Waals surface area contributed by atoms with Gasteiger partial charge in [-0.15, -0.1) is 12.6 Å². The Hall–Kier alpha value is -0.520. The summed E-state index contributed by atoms with van der Waals surface area (Å²) < 4.78 is 21.7. The number of halogens is 1. The highest BCUT2D eigenvalue weighted by molar-refractivity contribution is 8.13. The second-order valence-electron chi connectivity index (χ2n) is 2.27. The van der Waals surface area contributed by atoms with E-state index in [0.717, 1.165) is 0 Å². The van der Waals surface area contributed by atoms with Gasteiger partial charge in [0.05, 0.1) is 4.90 Å². The van der Waals surface area contributed by atoms with E-state index < -0.39 is 14.2 Å². The fraction of sp³-hybridized carbons (Fsp3) is 0. The van der Waals surface area contributed by atoms with Crippen LogP contribution >= 0.6 is 23.3 Å². The molecule has 0 aromatic heterocycles. The van der Waals surface area contributed by atoms with Gasteiger partial charge in [-0.05, 0) is 12.1 Å². The first-order valence-electron chi connectivity index (χ1n) is 3.19. The van der Waals surface area contributed by atoms with Crippen LogP contribution in [0.25, 0.3) is 0 Å². The van der Waals surface area contributed by atoms with E-state index in [2.05, 4.69) is 12.6 Å². The minimum absolute atomic E-state index is 0.103. The fourth-order valence-corrected chi connectivity index (χ4v) is 1.72. The van der Waals surface area contributed by atoms with E-state index in [4.69, 9.17) is 10.7 Å². The molecule has 70 valence electrons. The smallest absolute Gasteiger partial charge is 0.261 e. The van der Waals surface area contributed by atoms with Crippen LogP contribution in [0.3, 0.4) is 0 Å². The van der Waals surface area contributed by atoms with E-state index in [0.29, 0.717) is 0 Å². The molecule has 3 nitrogen and oxygen atoms in total. The standard InChI is InChI=1S/C7H5ClO3S2/c8-13(10,11)6-3-1-2-5(4-6)7(9)12/h1-4H,(H,9,12). The Bertz CT molecular complexity index is 439. The van der Waals surface area contributed by atoms with Crippen molar-refractivity contribution < 1.29 is 13.2 Å². The Balaban J connectivity index is 3.29. The zero-order valence-corrected chi connectivity index (χ0v) is 8.73. The Morgan fingerprint density at radius 1 is 1.38 bits per heavy atom. The summed E-state index contributed by atoms with van der Waals surface area (Å²) in [6.45, 7) is 0. The lowest BCUT2D eigenvalue weighted by Gasteiger charge is -1.97. The third-order valence-electron chi connectivity index (χ3n) is 1.36. The number of benzene rings is 1. The molecular weight excluding hydrogens is 232 g/mol. The van der Waals surface area contributed by atoms with Crippen LogP contribution in [-0.4, -0.2) is 13.5 Å². The molecule has 0 spiro atoms. The van der Waals surface area contributed by atoms with E-state index >= 15 is 0 Å². The van der Waals surface area contributed by atoms with Crippen LogP contribution in [0.15, 0.2) is 29.2 Å². The molecule has 0 saturated carbocycles. The summed E-state index contributed by atoms with van der Waals surface area (Å²) in [5, 5.41) is -0.498. The normalized spacial score (nSPS) is 11.2. The molecule has 0 aliphatic rings. The molecule has 0 unspecified atom stereocenters. The molecule has 0 radical (unpaired) electrons. The van der Waals surface area contributed by atoms with Crippen molar-refractivity contribution in [3.8, 4) is 0 Å². The third kappa shape index (κ3) is 2.72. The highest BCUT2D eigenvalue weighted by Crippen LogP contribution is 2.16. The maximum Gasteiger partial charge on any atom is 0.261 e. The van der Waals surface area contributed by atoms with Gasteiger partial charge < -0.3 is 0 Å². The Labute approximate surface area is 85.5 Å². The van der Waals surface area contributed by atoms with Crippen LogP contribution in [-0.2, 0) is 9.05 Å². The quantitative estimate of drug-likeness (QED) is 0.628. The number of hydrogen-bond donors (Lipinski definition) is 1. The predicted octanol–water partition coefficient (Wildman–Crippen LogP) is 1.68. The van der Waals surface area contributed by atoms with E-state index in [1.807, 2.05) is 0 Å². The summed E-state index contributed by atoms with van der Waals surface area (Å²) in [5.41, 5.74) is 0.199. The molecule has 1 aromatic carbocycles. The summed E-state index contributed by atoms with van der Waals surface area (Å²) in [6, 6.07) is 5.37. The number of carbonyl (C=O) groups excluding carboxylic acids is 1. The first kappa shape index (κ1) is 10.6. The molecule has 0 N–H and O–H groups in total. The average molecular weight is 237 g/mol. The van der Waals surface area contributed by atoms with Crippen molar-refractivity contribution in [2.24, 2.45) is 0 Å². The summed E-state index contributed by atoms with van der Waals surface area (Å²) in [5.74, 6) is 0. The topological polar surface area (TPSA) is 51.2 Å². The highest BCUT2D eigenvalue weighted by atomic mass is 35.7. The molecule has 0 saturated heterocycles. The second-order valence-corrected chi connectivity index (χ2v) is 5.24. The van der Waals surface area contributed by atoms with Crippen molar-refractivity contribution in [1.82, 2.24) is 0 Å². The first-order chi connectivity index (χ1) is 5.91. The molecule has 0 heterocycles. The van der Waals surface area contributed by atoms with Gasteiger partial charge in [-0.1, -0.05) is 12.1 Å². The molecule has 0 amide bonds. The maximum atomic E-state index is 10.8. The molecule has 0 bridgehead atoms. The Kier molecular flexibility index (Phi) is 3.00. The predicted molar refractivity (Wildman–Crippen MR) is 52.8 cm³/mol. The van der Waals surface area contributed by atoms with Gasteiger partial charge in [0.15, 0.2) is 0 Å². The number of thiol groups is 1. The molecule has 0 aliphatic heterocycles. The zero-order chi connectivity index (χ0) is 10.1. The summed E-state index contributed by atoms with van der Waals surface area (Å²) in [4.78, 5) is 10.6. The third-order valence-corrected chi connectivity index (χ3v) is 2.97. The van der Waals surface area contributed by atoms with Crippen molar-refractivity contribution in [3.05, 3.63) is 29.8 Å². The van der Waals surface area contributed by atoms with Gasteiger partial charge in [-0.25, -0.2) is 8.42 Å². The number of rotatable bonds is 2. The molecule has 0 fully saturated rings. The summed E-state index contributed by atoms with van der Waals surface area (Å²) >= 11 is 3.55. The minimum Gasteiger partial charge on any atom is -0.282 e. The van der Waals surface area contributed by atoms with Crippen LogP contribution in [0.1, 0.15) is 10.4 Å². The van der Waals surface area contributed by atoms with Gasteiger partial charge in [0.2, 0.25) is 5.12 Å². The van der Waals surface area contributed by atoms with Gasteiger partial charge in [0.25, 0.3) is 9.05 Å². The fourth-order valence-electron chi connectivity index (χ4n) is 0.781. The monoisotopic (exact) mass is 236 g/mol. The Morgan fingerprint density at radius 2 is 2.00 bits per heavy atom. The number of hydrogen-bond acceptors (Lipinski definition) is 3. The SMILES string of the molecule is O=C(S)c1cccc(S(=O)(=O)Cl)c1. The first-order valence-corrected chi connectivity index (χ1v) is 5.95. The lowest BCUT2D eigenvalue weighted by Crippen LogP contribution is -1.94. The van der Waals surface area contributed by atoms with Crippen LogP contribution in [0, 0.1) is 0 Å². The minimum atomic E-state index is -3.77. The molecular formula is C7H5ClO3S2. The highest BCUT2D eigenvalue weighted by Gasteiger charge is 2.11. The van der Waals surface area contributed by atoms with Crippen molar-refractivity contribution >= 4 is 37.5 Å². The zero-order valence-electron chi connectivity index (χ0n) is 6.27. The molecule has 13 heavy (non-hydrogen) atoms. The molecule has 0 aliphatic carbocycles. The van der Waals surface area contributed by atoms with Crippen molar-refractivity contribution in [3.63, 3.8) is 0 Å². The van der Waals surface area contributed by atoms with E-state index in [1.165, 1.54) is 24.3 Å². The van der Waals surface area contributed by atoms with Gasteiger partial charge >= 0.3 is 0 Å². The summed E-state index contributed by atoms with van der Waals surface area (Å²) in [7, 11) is 1.30. The van der Waals surface area contributed by atoms with Crippen LogP contribution in [0.5, 0.6) is 0 Å².